The Kier molecular flexibility index (Phi) is 5.91. The van der Waals surface area contributed by atoms with Crippen molar-refractivity contribution in [3.8, 4) is 39.9 Å². The molecule has 0 bridgehead atoms. The fourth-order valence-electron chi connectivity index (χ4n) is 4.05. The van der Waals surface area contributed by atoms with Crippen LogP contribution in [0.25, 0.3) is 22.1 Å². The molecule has 0 amide bonds. The quantitative estimate of drug-likeness (QED) is 0.326. The maximum absolute atomic E-state index is 13.2. The first-order valence-electron chi connectivity index (χ1n) is 10.6. The second-order valence-corrected chi connectivity index (χ2v) is 7.99. The lowest BCUT2D eigenvalue weighted by molar-refractivity contribution is -0.277. The molecule has 5 unspecified atom stereocenters. The van der Waals surface area contributed by atoms with E-state index in [4.69, 9.17) is 28.1 Å². The van der Waals surface area contributed by atoms with Gasteiger partial charge in [0.15, 0.2) is 23.0 Å². The summed E-state index contributed by atoms with van der Waals surface area (Å²) in [5.74, 6) is 0.177. The van der Waals surface area contributed by atoms with Crippen molar-refractivity contribution >= 4 is 11.0 Å². The molecule has 2 aromatic carbocycles. The molecule has 2 aliphatic heterocycles. The first-order chi connectivity index (χ1) is 16.8. The number of ether oxygens (including phenoxy) is 5. The highest BCUT2D eigenvalue weighted by atomic mass is 16.7. The highest BCUT2D eigenvalue weighted by Gasteiger charge is 2.45. The molecule has 5 rings (SSSR count). The van der Waals surface area contributed by atoms with E-state index in [0.29, 0.717) is 5.56 Å². The van der Waals surface area contributed by atoms with Crippen molar-refractivity contribution in [3.63, 3.8) is 0 Å². The first kappa shape index (κ1) is 23.2. The van der Waals surface area contributed by atoms with E-state index in [1.165, 1.54) is 37.6 Å². The minimum atomic E-state index is -1.61. The molecule has 1 saturated heterocycles. The van der Waals surface area contributed by atoms with Gasteiger partial charge in [0, 0.05) is 6.07 Å². The number of phenolic OH excluding ortho intramolecular Hbond substituents is 1. The molecule has 35 heavy (non-hydrogen) atoms. The number of fused-ring (bicyclic) bond motifs is 2. The van der Waals surface area contributed by atoms with Gasteiger partial charge in [0.1, 0.15) is 41.6 Å². The van der Waals surface area contributed by atoms with Crippen LogP contribution in [0.3, 0.4) is 0 Å². The summed E-state index contributed by atoms with van der Waals surface area (Å²) in [5.41, 5.74) is 0.0850. The Balaban J connectivity index is 1.49. The molecule has 3 aromatic rings. The van der Waals surface area contributed by atoms with Crippen molar-refractivity contribution in [1.29, 1.82) is 0 Å². The van der Waals surface area contributed by atoms with E-state index in [1.807, 2.05) is 0 Å². The van der Waals surface area contributed by atoms with Gasteiger partial charge in [-0.1, -0.05) is 6.07 Å². The lowest BCUT2D eigenvalue weighted by atomic mass is 9.99. The monoisotopic (exact) mass is 490 g/mol. The van der Waals surface area contributed by atoms with Crippen molar-refractivity contribution in [2.24, 2.45) is 0 Å². The fraction of sp³-hybridized carbons (Fsp3) is 0.348. The third-order valence-corrected chi connectivity index (χ3v) is 5.94. The number of aliphatic hydroxyl groups excluding tert-OH is 4. The average Bonchev–Trinajstić information content (AvgIpc) is 3.34. The summed E-state index contributed by atoms with van der Waals surface area (Å²) in [6, 6.07) is 5.89. The zero-order valence-corrected chi connectivity index (χ0v) is 18.3. The molecule has 1 aromatic heterocycles. The van der Waals surface area contributed by atoms with Crippen molar-refractivity contribution in [3.05, 3.63) is 40.8 Å². The van der Waals surface area contributed by atoms with E-state index in [1.54, 1.807) is 0 Å². The minimum Gasteiger partial charge on any atom is -0.504 e. The largest absolute Gasteiger partial charge is 0.504 e. The van der Waals surface area contributed by atoms with Gasteiger partial charge in [-0.2, -0.15) is 0 Å². The predicted octanol–water partition coefficient (Wildman–Crippen LogP) is 0.0816. The smallest absolute Gasteiger partial charge is 0.231 e. The van der Waals surface area contributed by atoms with Gasteiger partial charge in [0.05, 0.1) is 19.3 Å². The number of benzene rings is 2. The number of phenols is 1. The van der Waals surface area contributed by atoms with E-state index in [2.05, 4.69) is 0 Å². The number of aliphatic hydroxyl groups is 4. The number of rotatable bonds is 5. The van der Waals surface area contributed by atoms with Crippen molar-refractivity contribution in [1.82, 2.24) is 0 Å². The highest BCUT2D eigenvalue weighted by Crippen LogP contribution is 2.45. The van der Waals surface area contributed by atoms with Crippen molar-refractivity contribution < 1.29 is 53.6 Å². The zero-order chi connectivity index (χ0) is 24.9. The number of hydrogen-bond acceptors (Lipinski definition) is 12. The van der Waals surface area contributed by atoms with Crippen LogP contribution in [0.15, 0.2) is 39.7 Å². The number of aromatic hydroxyl groups is 1. The second kappa shape index (κ2) is 8.91. The predicted molar refractivity (Wildman–Crippen MR) is 117 cm³/mol. The van der Waals surface area contributed by atoms with Crippen molar-refractivity contribution in [2.45, 2.75) is 30.7 Å². The Labute approximate surface area is 197 Å². The van der Waals surface area contributed by atoms with Crippen LogP contribution in [0, 0.1) is 0 Å². The first-order valence-corrected chi connectivity index (χ1v) is 10.6. The minimum absolute atomic E-state index is 0.0582. The SMILES string of the molecule is COc1cc(-c2coc3cc4c(c(O)c3c2=O)OCO4)ccc1OC1OC(CO)C(O)C(O)C1O. The molecular formula is C23H22O12. The van der Waals surface area contributed by atoms with Crippen LogP contribution in [0.4, 0.5) is 0 Å². The molecule has 12 nitrogen and oxygen atoms in total. The van der Waals surface area contributed by atoms with Gasteiger partial charge in [-0.05, 0) is 17.7 Å². The molecule has 0 radical (unpaired) electrons. The second-order valence-electron chi connectivity index (χ2n) is 7.99. The molecule has 5 atom stereocenters. The lowest BCUT2D eigenvalue weighted by Crippen LogP contribution is -2.60. The summed E-state index contributed by atoms with van der Waals surface area (Å²) in [5, 5.41) is 50.0. The Morgan fingerprint density at radius 2 is 1.86 bits per heavy atom. The van der Waals surface area contributed by atoms with Gasteiger partial charge >= 0.3 is 0 Å². The fourth-order valence-corrected chi connectivity index (χ4v) is 4.05. The van der Waals surface area contributed by atoms with Gasteiger partial charge < -0.3 is 53.6 Å². The van der Waals surface area contributed by atoms with Gasteiger partial charge in [-0.25, -0.2) is 0 Å². The standard InChI is InChI=1S/C23H22O12/c1-30-12-4-9(2-3-11(12)34-23-21(29)20(28)18(26)15(6-24)35-23)10-7-31-13-5-14-22(33-8-32-14)19(27)16(13)17(10)25/h2-5,7,15,18,20-21,23-24,26-29H,6,8H2,1H3. The molecule has 186 valence electrons. The van der Waals surface area contributed by atoms with E-state index in [0.717, 1.165) is 0 Å². The molecular weight excluding hydrogens is 468 g/mol. The molecule has 0 aliphatic carbocycles. The van der Waals surface area contributed by atoms with Crippen LogP contribution in [0.5, 0.6) is 28.7 Å². The van der Waals surface area contributed by atoms with E-state index in [9.17, 15) is 30.3 Å². The number of hydrogen-bond donors (Lipinski definition) is 5. The molecule has 1 fully saturated rings. The van der Waals surface area contributed by atoms with Crippen LogP contribution in [-0.4, -0.2) is 76.7 Å². The summed E-state index contributed by atoms with van der Waals surface area (Å²) in [6.07, 6.45) is -6.07. The number of methoxy groups -OCH3 is 1. The highest BCUT2D eigenvalue weighted by molar-refractivity contribution is 5.91. The molecule has 5 N–H and O–H groups in total. The van der Waals surface area contributed by atoms with Gasteiger partial charge in [0.2, 0.25) is 24.3 Å². The van der Waals surface area contributed by atoms with E-state index >= 15 is 0 Å². The summed E-state index contributed by atoms with van der Waals surface area (Å²) in [7, 11) is 1.36. The molecule has 2 aliphatic rings. The summed E-state index contributed by atoms with van der Waals surface area (Å²) >= 11 is 0. The maximum atomic E-state index is 13.2. The summed E-state index contributed by atoms with van der Waals surface area (Å²) < 4.78 is 32.4. The molecule has 3 heterocycles. The lowest BCUT2D eigenvalue weighted by Gasteiger charge is -2.39. The van der Waals surface area contributed by atoms with Crippen LogP contribution < -0.4 is 24.4 Å². The van der Waals surface area contributed by atoms with Crippen molar-refractivity contribution in [2.75, 3.05) is 20.5 Å². The Morgan fingerprint density at radius 3 is 2.60 bits per heavy atom. The van der Waals surface area contributed by atoms with Gasteiger partial charge in [-0.15, -0.1) is 0 Å². The summed E-state index contributed by atoms with van der Waals surface area (Å²) in [4.78, 5) is 13.2. The molecule has 0 saturated carbocycles. The Hall–Kier alpha value is -3.55. The maximum Gasteiger partial charge on any atom is 0.231 e. The van der Waals surface area contributed by atoms with Gasteiger partial charge in [0.25, 0.3) is 0 Å². The average molecular weight is 490 g/mol. The Bertz CT molecular complexity index is 1320. The molecule has 12 heteroatoms. The molecule has 0 spiro atoms. The van der Waals surface area contributed by atoms with Gasteiger partial charge in [-0.3, -0.25) is 4.79 Å². The summed E-state index contributed by atoms with van der Waals surface area (Å²) in [6.45, 7) is -0.695. The van der Waals surface area contributed by atoms with E-state index in [-0.39, 0.29) is 52.1 Å². The third-order valence-electron chi connectivity index (χ3n) is 5.94. The zero-order valence-electron chi connectivity index (χ0n) is 18.3. The topological polar surface area (TPSA) is 178 Å². The van der Waals surface area contributed by atoms with Crippen LogP contribution >= 0.6 is 0 Å². The normalized spacial score (nSPS) is 25.6. The third kappa shape index (κ3) is 3.81. The van der Waals surface area contributed by atoms with E-state index < -0.39 is 42.7 Å². The van der Waals surface area contributed by atoms with Crippen LogP contribution in [-0.2, 0) is 4.74 Å². The van der Waals surface area contributed by atoms with Crippen LogP contribution in [0.1, 0.15) is 0 Å². The van der Waals surface area contributed by atoms with Crippen LogP contribution in [0.2, 0.25) is 0 Å². The Morgan fingerprint density at radius 1 is 1.06 bits per heavy atom.